The van der Waals surface area contributed by atoms with Gasteiger partial charge in [-0.15, -0.1) is 0 Å². The Labute approximate surface area is 167 Å². The summed E-state index contributed by atoms with van der Waals surface area (Å²) in [6.07, 6.45) is 0. The van der Waals surface area contributed by atoms with Crippen molar-refractivity contribution in [2.24, 2.45) is 0 Å². The molecule has 146 valence electrons. The largest absolute Gasteiger partial charge is 0.497 e. The smallest absolute Gasteiger partial charge is 0.254 e. The van der Waals surface area contributed by atoms with Crippen molar-refractivity contribution >= 4 is 17.5 Å². The summed E-state index contributed by atoms with van der Waals surface area (Å²) in [6, 6.07) is 12.3. The van der Waals surface area contributed by atoms with E-state index < -0.39 is 0 Å². The van der Waals surface area contributed by atoms with Gasteiger partial charge in [0.2, 0.25) is 11.7 Å². The van der Waals surface area contributed by atoms with Crippen LogP contribution in [0.1, 0.15) is 23.2 Å². The van der Waals surface area contributed by atoms with Crippen LogP contribution in [0.2, 0.25) is 5.02 Å². The Hall–Kier alpha value is -3.06. The minimum atomic E-state index is -0.217. The fraction of sp³-hybridized carbons (Fsp3) is 0.250. The van der Waals surface area contributed by atoms with Gasteiger partial charge in [0.25, 0.3) is 5.91 Å². The summed E-state index contributed by atoms with van der Waals surface area (Å²) in [5.74, 6) is 1.78. The number of ether oxygens (including phenoxy) is 2. The van der Waals surface area contributed by atoms with Gasteiger partial charge in [-0.1, -0.05) is 28.9 Å². The lowest BCUT2D eigenvalue weighted by Crippen LogP contribution is -2.26. The molecule has 0 fully saturated rings. The maximum Gasteiger partial charge on any atom is 0.254 e. The van der Waals surface area contributed by atoms with Gasteiger partial charge in [-0.05, 0) is 37.3 Å². The lowest BCUT2D eigenvalue weighted by atomic mass is 10.2. The molecule has 1 aromatic heterocycles. The van der Waals surface area contributed by atoms with E-state index in [0.29, 0.717) is 40.4 Å². The van der Waals surface area contributed by atoms with E-state index in [-0.39, 0.29) is 12.5 Å². The molecule has 0 aliphatic carbocycles. The summed E-state index contributed by atoms with van der Waals surface area (Å²) in [4.78, 5) is 18.5. The molecule has 0 aliphatic heterocycles. The van der Waals surface area contributed by atoms with E-state index in [9.17, 15) is 4.79 Å². The number of amides is 1. The topological polar surface area (TPSA) is 77.7 Å². The lowest BCUT2D eigenvalue weighted by molar-refractivity contribution is 0.0769. The molecular weight excluding hydrogens is 382 g/mol. The second-order valence-corrected chi connectivity index (χ2v) is 6.39. The molecule has 0 unspecified atom stereocenters. The zero-order valence-corrected chi connectivity index (χ0v) is 16.6. The molecule has 0 atom stereocenters. The standard InChI is InChI=1S/C20H20ClN3O4/c1-4-27-17-9-8-14(11-16(17)21)20(25)24(2)12-18-22-19(23-28-18)13-6-5-7-15(10-13)26-3/h5-11H,4,12H2,1-3H3. The van der Waals surface area contributed by atoms with Gasteiger partial charge >= 0.3 is 0 Å². The van der Waals surface area contributed by atoms with E-state index in [2.05, 4.69) is 10.1 Å². The average Bonchev–Trinajstić information content (AvgIpc) is 3.17. The molecular formula is C20H20ClN3O4. The quantitative estimate of drug-likeness (QED) is 0.593. The molecule has 0 saturated carbocycles. The van der Waals surface area contributed by atoms with Crippen LogP contribution in [0, 0.1) is 0 Å². The van der Waals surface area contributed by atoms with E-state index in [0.717, 1.165) is 5.56 Å². The first kappa shape index (κ1) is 19.7. The van der Waals surface area contributed by atoms with E-state index in [4.69, 9.17) is 25.6 Å². The molecule has 0 aliphatic rings. The summed E-state index contributed by atoms with van der Waals surface area (Å²) in [6.45, 7) is 2.54. The fourth-order valence-corrected chi connectivity index (χ4v) is 2.84. The van der Waals surface area contributed by atoms with Crippen molar-refractivity contribution in [1.82, 2.24) is 15.0 Å². The molecule has 28 heavy (non-hydrogen) atoms. The normalized spacial score (nSPS) is 10.6. The fourth-order valence-electron chi connectivity index (χ4n) is 2.60. The van der Waals surface area contributed by atoms with Crippen LogP contribution in [0.4, 0.5) is 0 Å². The zero-order chi connectivity index (χ0) is 20.1. The Morgan fingerprint density at radius 3 is 2.79 bits per heavy atom. The van der Waals surface area contributed by atoms with Crippen LogP contribution in [0.25, 0.3) is 11.4 Å². The molecule has 7 nitrogen and oxygen atoms in total. The molecule has 0 bridgehead atoms. The molecule has 0 saturated heterocycles. The van der Waals surface area contributed by atoms with Gasteiger partial charge in [0.05, 0.1) is 25.3 Å². The molecule has 3 aromatic rings. The number of aromatic nitrogens is 2. The summed E-state index contributed by atoms with van der Waals surface area (Å²) in [5.41, 5.74) is 1.21. The molecule has 2 aromatic carbocycles. The van der Waals surface area contributed by atoms with Crippen LogP contribution >= 0.6 is 11.6 Å². The second kappa shape index (κ2) is 8.75. The predicted molar refractivity (Wildman–Crippen MR) is 105 cm³/mol. The van der Waals surface area contributed by atoms with Crippen molar-refractivity contribution in [2.75, 3.05) is 20.8 Å². The number of benzene rings is 2. The third-order valence-corrected chi connectivity index (χ3v) is 4.29. The molecule has 0 radical (unpaired) electrons. The van der Waals surface area contributed by atoms with Crippen LogP contribution < -0.4 is 9.47 Å². The predicted octanol–water partition coefficient (Wildman–Crippen LogP) is 4.07. The number of nitrogens with zero attached hydrogens (tertiary/aromatic N) is 3. The monoisotopic (exact) mass is 401 g/mol. The maximum atomic E-state index is 12.7. The van der Waals surface area contributed by atoms with Crippen LogP contribution in [0.15, 0.2) is 47.0 Å². The molecule has 1 heterocycles. The Morgan fingerprint density at radius 1 is 1.25 bits per heavy atom. The van der Waals surface area contributed by atoms with Gasteiger partial charge in [0.15, 0.2) is 0 Å². The van der Waals surface area contributed by atoms with Crippen LogP contribution in [-0.4, -0.2) is 41.7 Å². The number of carbonyl (C=O) groups is 1. The van der Waals surface area contributed by atoms with Gasteiger partial charge in [0.1, 0.15) is 11.5 Å². The first-order chi connectivity index (χ1) is 13.5. The number of methoxy groups -OCH3 is 1. The molecule has 0 spiro atoms. The van der Waals surface area contributed by atoms with Gasteiger partial charge in [0, 0.05) is 18.2 Å². The average molecular weight is 402 g/mol. The Kier molecular flexibility index (Phi) is 6.16. The number of carbonyl (C=O) groups excluding carboxylic acids is 1. The number of rotatable bonds is 7. The Morgan fingerprint density at radius 2 is 2.07 bits per heavy atom. The number of hydrogen-bond acceptors (Lipinski definition) is 6. The summed E-state index contributed by atoms with van der Waals surface area (Å²) in [5, 5.41) is 4.36. The summed E-state index contributed by atoms with van der Waals surface area (Å²) >= 11 is 6.17. The van der Waals surface area contributed by atoms with Crippen molar-refractivity contribution in [3.63, 3.8) is 0 Å². The van der Waals surface area contributed by atoms with Gasteiger partial charge in [-0.2, -0.15) is 4.98 Å². The van der Waals surface area contributed by atoms with E-state index in [1.807, 2.05) is 31.2 Å². The van der Waals surface area contributed by atoms with Gasteiger partial charge in [-0.3, -0.25) is 4.79 Å². The molecule has 8 heteroatoms. The Balaban J connectivity index is 1.71. The molecule has 3 rings (SSSR count). The number of halogens is 1. The highest BCUT2D eigenvalue weighted by Gasteiger charge is 2.17. The van der Waals surface area contributed by atoms with Gasteiger partial charge in [-0.25, -0.2) is 0 Å². The summed E-state index contributed by atoms with van der Waals surface area (Å²) in [7, 11) is 3.25. The van der Waals surface area contributed by atoms with E-state index >= 15 is 0 Å². The van der Waals surface area contributed by atoms with Crippen LogP contribution in [0.3, 0.4) is 0 Å². The highest BCUT2D eigenvalue weighted by Crippen LogP contribution is 2.26. The van der Waals surface area contributed by atoms with Crippen LogP contribution in [-0.2, 0) is 6.54 Å². The molecule has 0 N–H and O–H groups in total. The van der Waals surface area contributed by atoms with E-state index in [1.165, 1.54) is 4.90 Å². The van der Waals surface area contributed by atoms with Crippen molar-refractivity contribution in [2.45, 2.75) is 13.5 Å². The van der Waals surface area contributed by atoms with E-state index in [1.54, 1.807) is 32.4 Å². The second-order valence-electron chi connectivity index (χ2n) is 5.98. The lowest BCUT2D eigenvalue weighted by Gasteiger charge is -2.15. The van der Waals surface area contributed by atoms with Crippen molar-refractivity contribution in [3.05, 3.63) is 58.9 Å². The highest BCUT2D eigenvalue weighted by atomic mass is 35.5. The first-order valence-electron chi connectivity index (χ1n) is 8.66. The maximum absolute atomic E-state index is 12.7. The highest BCUT2D eigenvalue weighted by molar-refractivity contribution is 6.32. The summed E-state index contributed by atoms with van der Waals surface area (Å²) < 4.78 is 15.9. The third kappa shape index (κ3) is 4.43. The molecule has 1 amide bonds. The zero-order valence-electron chi connectivity index (χ0n) is 15.8. The third-order valence-electron chi connectivity index (χ3n) is 3.99. The SMILES string of the molecule is CCOc1ccc(C(=O)N(C)Cc2nc(-c3cccc(OC)c3)no2)cc1Cl. The Bertz CT molecular complexity index is 974. The first-order valence-corrected chi connectivity index (χ1v) is 9.04. The van der Waals surface area contributed by atoms with Crippen LogP contribution in [0.5, 0.6) is 11.5 Å². The number of hydrogen-bond donors (Lipinski definition) is 0. The minimum Gasteiger partial charge on any atom is -0.497 e. The van der Waals surface area contributed by atoms with Gasteiger partial charge < -0.3 is 18.9 Å². The van der Waals surface area contributed by atoms with Crippen molar-refractivity contribution < 1.29 is 18.8 Å². The van der Waals surface area contributed by atoms with Crippen molar-refractivity contribution in [3.8, 4) is 22.9 Å². The minimum absolute atomic E-state index is 0.167. The van der Waals surface area contributed by atoms with Crippen molar-refractivity contribution in [1.29, 1.82) is 0 Å².